The van der Waals surface area contributed by atoms with Crippen LogP contribution in [0.2, 0.25) is 0 Å². The summed E-state index contributed by atoms with van der Waals surface area (Å²) in [5, 5.41) is 13.1. The number of aromatic amines is 1. The summed E-state index contributed by atoms with van der Waals surface area (Å²) in [6.07, 6.45) is 2.31. The van der Waals surface area contributed by atoms with Gasteiger partial charge >= 0.3 is 0 Å². The summed E-state index contributed by atoms with van der Waals surface area (Å²) in [6.45, 7) is 2.42. The van der Waals surface area contributed by atoms with Gasteiger partial charge in [0, 0.05) is 13.0 Å². The van der Waals surface area contributed by atoms with E-state index in [9.17, 15) is 4.79 Å². The molecular formula is C14H18N4O2. The summed E-state index contributed by atoms with van der Waals surface area (Å²) in [4.78, 5) is 12.1. The van der Waals surface area contributed by atoms with E-state index in [4.69, 9.17) is 4.74 Å². The SMILES string of the molecule is COc1cccc(C(C)C(=O)NCCc2cn[nH]n2)c1. The van der Waals surface area contributed by atoms with Crippen LogP contribution in [-0.4, -0.2) is 35.0 Å². The number of methoxy groups -OCH3 is 1. The third kappa shape index (κ3) is 3.57. The normalized spacial score (nSPS) is 11.9. The van der Waals surface area contributed by atoms with Crippen molar-refractivity contribution in [2.24, 2.45) is 0 Å². The van der Waals surface area contributed by atoms with Crippen molar-refractivity contribution in [3.8, 4) is 5.75 Å². The zero-order chi connectivity index (χ0) is 14.4. The number of carbonyl (C=O) groups excluding carboxylic acids is 1. The molecule has 1 atom stereocenters. The monoisotopic (exact) mass is 274 g/mol. The molecule has 1 amide bonds. The van der Waals surface area contributed by atoms with Crippen molar-refractivity contribution in [2.75, 3.05) is 13.7 Å². The quantitative estimate of drug-likeness (QED) is 0.831. The molecule has 1 unspecified atom stereocenters. The molecule has 0 aliphatic carbocycles. The molecule has 6 nitrogen and oxygen atoms in total. The smallest absolute Gasteiger partial charge is 0.227 e. The van der Waals surface area contributed by atoms with Crippen LogP contribution in [-0.2, 0) is 11.2 Å². The first-order chi connectivity index (χ1) is 9.70. The zero-order valence-corrected chi connectivity index (χ0v) is 11.6. The Balaban J connectivity index is 1.87. The third-order valence-electron chi connectivity index (χ3n) is 3.13. The first-order valence-electron chi connectivity index (χ1n) is 6.47. The van der Waals surface area contributed by atoms with E-state index in [2.05, 4.69) is 20.7 Å². The van der Waals surface area contributed by atoms with E-state index >= 15 is 0 Å². The highest BCUT2D eigenvalue weighted by Crippen LogP contribution is 2.20. The fraction of sp³-hybridized carbons (Fsp3) is 0.357. The minimum absolute atomic E-state index is 0.0123. The summed E-state index contributed by atoms with van der Waals surface area (Å²) >= 11 is 0. The highest BCUT2D eigenvalue weighted by molar-refractivity contribution is 5.83. The molecule has 106 valence electrons. The molecule has 0 aliphatic rings. The molecule has 2 N–H and O–H groups in total. The van der Waals surface area contributed by atoms with Gasteiger partial charge in [0.15, 0.2) is 0 Å². The predicted octanol–water partition coefficient (Wildman–Crippen LogP) is 1.28. The fourth-order valence-electron chi connectivity index (χ4n) is 1.87. The number of nitrogens with one attached hydrogen (secondary N) is 2. The van der Waals surface area contributed by atoms with Gasteiger partial charge in [-0.25, -0.2) is 0 Å². The van der Waals surface area contributed by atoms with Gasteiger partial charge in [0.2, 0.25) is 5.91 Å². The van der Waals surface area contributed by atoms with Crippen molar-refractivity contribution in [1.82, 2.24) is 20.7 Å². The molecule has 0 saturated heterocycles. The Hall–Kier alpha value is -2.37. The Bertz CT molecular complexity index is 554. The van der Waals surface area contributed by atoms with Gasteiger partial charge in [-0.2, -0.15) is 15.4 Å². The average molecular weight is 274 g/mol. The van der Waals surface area contributed by atoms with Gasteiger partial charge in [0.05, 0.1) is 24.9 Å². The molecule has 1 heterocycles. The molecule has 0 bridgehead atoms. The van der Waals surface area contributed by atoms with Crippen LogP contribution >= 0.6 is 0 Å². The third-order valence-corrected chi connectivity index (χ3v) is 3.13. The highest BCUT2D eigenvalue weighted by atomic mass is 16.5. The van der Waals surface area contributed by atoms with E-state index in [1.807, 2.05) is 31.2 Å². The number of H-pyrrole nitrogens is 1. The molecule has 20 heavy (non-hydrogen) atoms. The molecule has 1 aromatic heterocycles. The second-order valence-corrected chi connectivity index (χ2v) is 4.50. The Morgan fingerprint density at radius 1 is 1.50 bits per heavy atom. The summed E-state index contributed by atoms with van der Waals surface area (Å²) in [5.41, 5.74) is 1.77. The molecular weight excluding hydrogens is 256 g/mol. The van der Waals surface area contributed by atoms with Crippen LogP contribution < -0.4 is 10.1 Å². The number of amides is 1. The number of benzene rings is 1. The number of hydrogen-bond donors (Lipinski definition) is 2. The molecule has 0 spiro atoms. The maximum atomic E-state index is 12.1. The van der Waals surface area contributed by atoms with E-state index in [0.29, 0.717) is 13.0 Å². The van der Waals surface area contributed by atoms with E-state index in [0.717, 1.165) is 17.0 Å². The van der Waals surface area contributed by atoms with Gasteiger partial charge in [-0.15, -0.1) is 0 Å². The largest absolute Gasteiger partial charge is 0.497 e. The van der Waals surface area contributed by atoms with E-state index in [1.54, 1.807) is 13.3 Å². The first-order valence-corrected chi connectivity index (χ1v) is 6.47. The molecule has 6 heteroatoms. The molecule has 0 radical (unpaired) electrons. The molecule has 0 fully saturated rings. The lowest BCUT2D eigenvalue weighted by Gasteiger charge is -2.13. The molecule has 2 aromatic rings. The van der Waals surface area contributed by atoms with E-state index < -0.39 is 0 Å². The molecule has 0 aliphatic heterocycles. The number of aromatic nitrogens is 3. The lowest BCUT2D eigenvalue weighted by Crippen LogP contribution is -2.29. The second-order valence-electron chi connectivity index (χ2n) is 4.50. The number of hydrogen-bond acceptors (Lipinski definition) is 4. The maximum Gasteiger partial charge on any atom is 0.227 e. The van der Waals surface area contributed by atoms with Gasteiger partial charge in [-0.05, 0) is 24.6 Å². The number of ether oxygens (including phenoxy) is 1. The van der Waals surface area contributed by atoms with Crippen molar-refractivity contribution in [2.45, 2.75) is 19.3 Å². The van der Waals surface area contributed by atoms with Crippen molar-refractivity contribution in [3.63, 3.8) is 0 Å². The number of rotatable bonds is 6. The minimum Gasteiger partial charge on any atom is -0.497 e. The first kappa shape index (κ1) is 14.0. The Morgan fingerprint density at radius 3 is 3.05 bits per heavy atom. The Morgan fingerprint density at radius 2 is 2.35 bits per heavy atom. The lowest BCUT2D eigenvalue weighted by atomic mass is 10.00. The van der Waals surface area contributed by atoms with Crippen molar-refractivity contribution in [3.05, 3.63) is 41.7 Å². The summed E-state index contributed by atoms with van der Waals surface area (Å²) in [7, 11) is 1.61. The number of carbonyl (C=O) groups is 1. The molecule has 0 saturated carbocycles. The van der Waals surface area contributed by atoms with Gasteiger partial charge in [-0.1, -0.05) is 12.1 Å². The maximum absolute atomic E-state index is 12.1. The van der Waals surface area contributed by atoms with Gasteiger partial charge in [0.1, 0.15) is 5.75 Å². The number of nitrogens with zero attached hydrogens (tertiary/aromatic N) is 2. The van der Waals surface area contributed by atoms with Crippen LogP contribution in [0.4, 0.5) is 0 Å². The van der Waals surface area contributed by atoms with Gasteiger partial charge in [0.25, 0.3) is 0 Å². The zero-order valence-electron chi connectivity index (χ0n) is 11.6. The predicted molar refractivity (Wildman–Crippen MR) is 74.5 cm³/mol. The topological polar surface area (TPSA) is 79.9 Å². The van der Waals surface area contributed by atoms with Crippen LogP contribution in [0.25, 0.3) is 0 Å². The lowest BCUT2D eigenvalue weighted by molar-refractivity contribution is -0.122. The molecule has 1 aromatic carbocycles. The minimum atomic E-state index is -0.220. The summed E-state index contributed by atoms with van der Waals surface area (Å²) < 4.78 is 5.16. The highest BCUT2D eigenvalue weighted by Gasteiger charge is 2.15. The van der Waals surface area contributed by atoms with Crippen molar-refractivity contribution < 1.29 is 9.53 Å². The van der Waals surface area contributed by atoms with E-state index in [-0.39, 0.29) is 11.8 Å². The van der Waals surface area contributed by atoms with E-state index in [1.165, 1.54) is 0 Å². The second kappa shape index (κ2) is 6.70. The van der Waals surface area contributed by atoms with Crippen LogP contribution in [0, 0.1) is 0 Å². The van der Waals surface area contributed by atoms with Gasteiger partial charge < -0.3 is 10.1 Å². The van der Waals surface area contributed by atoms with Crippen LogP contribution in [0.1, 0.15) is 24.1 Å². The van der Waals surface area contributed by atoms with Crippen molar-refractivity contribution >= 4 is 5.91 Å². The Kier molecular flexibility index (Phi) is 4.70. The average Bonchev–Trinajstić information content (AvgIpc) is 2.99. The molecule has 2 rings (SSSR count). The van der Waals surface area contributed by atoms with Crippen molar-refractivity contribution in [1.29, 1.82) is 0 Å². The standard InChI is InChI=1S/C14H18N4O2/c1-10(11-4-3-5-13(8-11)20-2)14(19)15-7-6-12-9-16-18-17-12/h3-5,8-10H,6-7H2,1-2H3,(H,15,19)(H,16,17,18). The van der Waals surface area contributed by atoms with Crippen LogP contribution in [0.3, 0.4) is 0 Å². The summed E-state index contributed by atoms with van der Waals surface area (Å²) in [5.74, 6) is 0.522. The van der Waals surface area contributed by atoms with Gasteiger partial charge in [-0.3, -0.25) is 4.79 Å². The van der Waals surface area contributed by atoms with Crippen LogP contribution in [0.5, 0.6) is 5.75 Å². The Labute approximate surface area is 117 Å². The fourth-order valence-corrected chi connectivity index (χ4v) is 1.87. The summed E-state index contributed by atoms with van der Waals surface area (Å²) in [6, 6.07) is 7.54. The van der Waals surface area contributed by atoms with Crippen LogP contribution in [0.15, 0.2) is 30.5 Å².